The zero-order valence-corrected chi connectivity index (χ0v) is 13.6. The van der Waals surface area contributed by atoms with Gasteiger partial charge in [-0.15, -0.1) is 5.10 Å². The molecule has 1 aromatic rings. The van der Waals surface area contributed by atoms with Crippen LogP contribution in [0.25, 0.3) is 0 Å². The molecule has 0 fully saturated rings. The highest BCUT2D eigenvalue weighted by atomic mass is 15.2. The Kier molecular flexibility index (Phi) is 8.16. The fraction of sp³-hybridized carbons (Fsp3) is 0.812. The summed E-state index contributed by atoms with van der Waals surface area (Å²) in [4.78, 5) is 4.53. The molecule has 1 heterocycles. The Morgan fingerprint density at radius 3 is 2.25 bits per heavy atom. The molecular weight excluding hydrogens is 248 g/mol. The molecule has 0 radical (unpaired) electrons. The number of hydrogen-bond acceptors (Lipinski definition) is 4. The third-order valence-corrected chi connectivity index (χ3v) is 3.50. The van der Waals surface area contributed by atoms with Gasteiger partial charge in [-0.25, -0.2) is 4.98 Å². The lowest BCUT2D eigenvalue weighted by atomic mass is 10.0. The van der Waals surface area contributed by atoms with Gasteiger partial charge in [-0.2, -0.15) is 5.10 Å². The van der Waals surface area contributed by atoms with Crippen molar-refractivity contribution in [2.45, 2.75) is 72.6 Å². The molecule has 4 nitrogen and oxygen atoms in total. The van der Waals surface area contributed by atoms with Gasteiger partial charge in [0.15, 0.2) is 0 Å². The molecule has 0 saturated heterocycles. The second-order valence-corrected chi connectivity index (χ2v) is 5.76. The van der Waals surface area contributed by atoms with Crippen molar-refractivity contribution in [1.82, 2.24) is 15.2 Å². The third-order valence-electron chi connectivity index (χ3n) is 3.50. The highest BCUT2D eigenvalue weighted by molar-refractivity contribution is 5.25. The molecule has 4 heteroatoms. The molecular formula is C16H30N4. The summed E-state index contributed by atoms with van der Waals surface area (Å²) >= 11 is 0. The molecule has 114 valence electrons. The standard InChI is InChI=1S/C16H30N4/c1-5-14-15(6-2)19-20-16(18-14)17-12-10-8-7-9-11-13(3)4/h13H,5-12H2,1-4H3,(H,17,18,20). The monoisotopic (exact) mass is 278 g/mol. The summed E-state index contributed by atoms with van der Waals surface area (Å²) in [7, 11) is 0. The second-order valence-electron chi connectivity index (χ2n) is 5.76. The number of anilines is 1. The van der Waals surface area contributed by atoms with Crippen LogP contribution < -0.4 is 5.32 Å². The van der Waals surface area contributed by atoms with E-state index in [2.05, 4.69) is 48.2 Å². The van der Waals surface area contributed by atoms with E-state index in [9.17, 15) is 0 Å². The van der Waals surface area contributed by atoms with Crippen molar-refractivity contribution in [2.75, 3.05) is 11.9 Å². The van der Waals surface area contributed by atoms with Crippen molar-refractivity contribution in [1.29, 1.82) is 0 Å². The minimum atomic E-state index is 0.682. The number of unbranched alkanes of at least 4 members (excludes halogenated alkanes) is 3. The Morgan fingerprint density at radius 1 is 0.900 bits per heavy atom. The van der Waals surface area contributed by atoms with Crippen LogP contribution in [0, 0.1) is 5.92 Å². The van der Waals surface area contributed by atoms with Crippen LogP contribution in [-0.2, 0) is 12.8 Å². The van der Waals surface area contributed by atoms with E-state index in [-0.39, 0.29) is 0 Å². The molecule has 0 bridgehead atoms. The summed E-state index contributed by atoms with van der Waals surface area (Å²) in [6.07, 6.45) is 8.30. The van der Waals surface area contributed by atoms with Crippen molar-refractivity contribution in [3.63, 3.8) is 0 Å². The second kappa shape index (κ2) is 9.67. The minimum Gasteiger partial charge on any atom is -0.353 e. The molecule has 0 atom stereocenters. The lowest BCUT2D eigenvalue weighted by Crippen LogP contribution is -2.10. The maximum absolute atomic E-state index is 4.53. The average molecular weight is 278 g/mol. The predicted molar refractivity (Wildman–Crippen MR) is 85.0 cm³/mol. The van der Waals surface area contributed by atoms with E-state index in [1.165, 1.54) is 32.1 Å². The van der Waals surface area contributed by atoms with Crippen LogP contribution >= 0.6 is 0 Å². The quantitative estimate of drug-likeness (QED) is 0.657. The molecule has 20 heavy (non-hydrogen) atoms. The smallest absolute Gasteiger partial charge is 0.242 e. The van der Waals surface area contributed by atoms with Gasteiger partial charge in [0.05, 0.1) is 11.4 Å². The Bertz CT molecular complexity index is 377. The van der Waals surface area contributed by atoms with Gasteiger partial charge >= 0.3 is 0 Å². The first-order chi connectivity index (χ1) is 9.67. The van der Waals surface area contributed by atoms with Gasteiger partial charge < -0.3 is 5.32 Å². The van der Waals surface area contributed by atoms with Gasteiger partial charge in [0.25, 0.3) is 0 Å². The Labute approximate surface area is 123 Å². The average Bonchev–Trinajstić information content (AvgIpc) is 2.45. The van der Waals surface area contributed by atoms with Crippen LogP contribution in [0.1, 0.15) is 71.2 Å². The number of nitrogens with one attached hydrogen (secondary N) is 1. The van der Waals surface area contributed by atoms with Crippen molar-refractivity contribution in [3.8, 4) is 0 Å². The van der Waals surface area contributed by atoms with Crippen LogP contribution in [0.4, 0.5) is 5.95 Å². The van der Waals surface area contributed by atoms with Gasteiger partial charge in [-0.05, 0) is 25.2 Å². The molecule has 0 saturated carbocycles. The van der Waals surface area contributed by atoms with E-state index < -0.39 is 0 Å². The molecule has 1 aromatic heterocycles. The number of hydrogen-bond donors (Lipinski definition) is 1. The Balaban J connectivity index is 2.22. The van der Waals surface area contributed by atoms with Crippen LogP contribution in [0.2, 0.25) is 0 Å². The predicted octanol–water partition coefficient (Wildman–Crippen LogP) is 4.01. The van der Waals surface area contributed by atoms with Crippen molar-refractivity contribution >= 4 is 5.95 Å². The first-order valence-corrected chi connectivity index (χ1v) is 8.13. The van der Waals surface area contributed by atoms with Crippen molar-refractivity contribution in [3.05, 3.63) is 11.4 Å². The molecule has 1 rings (SSSR count). The number of nitrogens with zero attached hydrogens (tertiary/aromatic N) is 3. The summed E-state index contributed by atoms with van der Waals surface area (Å²) in [5.74, 6) is 1.51. The summed E-state index contributed by atoms with van der Waals surface area (Å²) in [5.41, 5.74) is 2.09. The summed E-state index contributed by atoms with van der Waals surface area (Å²) in [6, 6.07) is 0. The Morgan fingerprint density at radius 2 is 1.60 bits per heavy atom. The lowest BCUT2D eigenvalue weighted by Gasteiger charge is -2.08. The Hall–Kier alpha value is -1.19. The first-order valence-electron chi connectivity index (χ1n) is 8.13. The van der Waals surface area contributed by atoms with E-state index in [0.29, 0.717) is 5.95 Å². The lowest BCUT2D eigenvalue weighted by molar-refractivity contribution is 0.522. The zero-order chi connectivity index (χ0) is 14.8. The highest BCUT2D eigenvalue weighted by Gasteiger charge is 2.05. The van der Waals surface area contributed by atoms with E-state index in [0.717, 1.165) is 36.7 Å². The molecule has 0 aliphatic rings. The zero-order valence-electron chi connectivity index (χ0n) is 13.6. The van der Waals surface area contributed by atoms with Gasteiger partial charge in [0.1, 0.15) is 0 Å². The van der Waals surface area contributed by atoms with Crippen molar-refractivity contribution < 1.29 is 0 Å². The molecule has 1 N–H and O–H groups in total. The van der Waals surface area contributed by atoms with Crippen LogP contribution in [-0.4, -0.2) is 21.7 Å². The minimum absolute atomic E-state index is 0.682. The topological polar surface area (TPSA) is 50.7 Å². The SMILES string of the molecule is CCc1nnc(NCCCCCCC(C)C)nc1CC. The largest absolute Gasteiger partial charge is 0.353 e. The molecule has 0 aromatic carbocycles. The number of rotatable bonds is 10. The molecule has 0 unspecified atom stereocenters. The van der Waals surface area contributed by atoms with Crippen molar-refractivity contribution in [2.24, 2.45) is 5.92 Å². The van der Waals surface area contributed by atoms with E-state index in [1.54, 1.807) is 0 Å². The molecule has 0 aliphatic carbocycles. The number of aromatic nitrogens is 3. The third kappa shape index (κ3) is 6.31. The maximum Gasteiger partial charge on any atom is 0.242 e. The normalized spacial score (nSPS) is 11.1. The summed E-state index contributed by atoms with van der Waals surface area (Å²) < 4.78 is 0. The van der Waals surface area contributed by atoms with Gasteiger partial charge in [0.2, 0.25) is 5.95 Å². The van der Waals surface area contributed by atoms with Crippen LogP contribution in [0.3, 0.4) is 0 Å². The molecule has 0 aliphatic heterocycles. The van der Waals surface area contributed by atoms with Crippen LogP contribution in [0.15, 0.2) is 0 Å². The highest BCUT2D eigenvalue weighted by Crippen LogP contribution is 2.10. The van der Waals surface area contributed by atoms with Gasteiger partial charge in [-0.3, -0.25) is 0 Å². The van der Waals surface area contributed by atoms with E-state index in [1.807, 2.05) is 0 Å². The van der Waals surface area contributed by atoms with Gasteiger partial charge in [0, 0.05) is 6.54 Å². The fourth-order valence-corrected chi connectivity index (χ4v) is 2.24. The molecule has 0 spiro atoms. The van der Waals surface area contributed by atoms with Crippen LogP contribution in [0.5, 0.6) is 0 Å². The van der Waals surface area contributed by atoms with E-state index >= 15 is 0 Å². The maximum atomic E-state index is 4.53. The summed E-state index contributed by atoms with van der Waals surface area (Å²) in [6.45, 7) is 9.73. The van der Waals surface area contributed by atoms with Gasteiger partial charge in [-0.1, -0.05) is 53.4 Å². The summed E-state index contributed by atoms with van der Waals surface area (Å²) in [5, 5.41) is 11.7. The molecule has 0 amide bonds. The van der Waals surface area contributed by atoms with E-state index in [4.69, 9.17) is 0 Å². The number of aryl methyl sites for hydroxylation is 2. The first kappa shape index (κ1) is 16.9. The fourth-order valence-electron chi connectivity index (χ4n) is 2.24.